The average molecular weight is 246 g/mol. The summed E-state index contributed by atoms with van der Waals surface area (Å²) in [7, 11) is 0. The first-order chi connectivity index (χ1) is 8.83. The van der Waals surface area contributed by atoms with Crippen molar-refractivity contribution < 1.29 is 4.79 Å². The molecular weight excluding hydrogens is 228 g/mol. The van der Waals surface area contributed by atoms with E-state index in [0.717, 1.165) is 44.7 Å². The lowest BCUT2D eigenvalue weighted by Gasteiger charge is -2.31. The van der Waals surface area contributed by atoms with Gasteiger partial charge in [-0.15, -0.1) is 0 Å². The number of carbonyl (C=O) groups is 1. The van der Waals surface area contributed by atoms with Crippen LogP contribution in [0.25, 0.3) is 0 Å². The number of aromatic nitrogens is 2. The van der Waals surface area contributed by atoms with Crippen molar-refractivity contribution in [1.29, 1.82) is 0 Å². The van der Waals surface area contributed by atoms with Crippen molar-refractivity contribution in [2.75, 3.05) is 18.0 Å². The summed E-state index contributed by atoms with van der Waals surface area (Å²) in [5.74, 6) is 1.03. The smallest absolute Gasteiger partial charge is 0.225 e. The molecule has 1 saturated heterocycles. The van der Waals surface area contributed by atoms with Gasteiger partial charge in [0.15, 0.2) is 0 Å². The van der Waals surface area contributed by atoms with Gasteiger partial charge >= 0.3 is 0 Å². The van der Waals surface area contributed by atoms with Crippen molar-refractivity contribution in [2.24, 2.45) is 5.92 Å². The summed E-state index contributed by atoms with van der Waals surface area (Å²) in [6, 6.07) is 2.26. The molecule has 0 aromatic carbocycles. The number of carbonyl (C=O) groups excluding carboxylic acids is 1. The number of hydrogen-bond donors (Lipinski definition) is 1. The second kappa shape index (κ2) is 4.92. The van der Waals surface area contributed by atoms with Crippen LogP contribution in [0.5, 0.6) is 0 Å². The third kappa shape index (κ3) is 2.60. The molecule has 1 N–H and O–H groups in total. The maximum Gasteiger partial charge on any atom is 0.225 e. The van der Waals surface area contributed by atoms with Crippen LogP contribution in [0.4, 0.5) is 5.95 Å². The molecule has 1 amide bonds. The van der Waals surface area contributed by atoms with Gasteiger partial charge in [-0.1, -0.05) is 0 Å². The van der Waals surface area contributed by atoms with Crippen LogP contribution in [0.3, 0.4) is 0 Å². The lowest BCUT2D eigenvalue weighted by Crippen LogP contribution is -2.44. The predicted octanol–water partition coefficient (Wildman–Crippen LogP) is 0.972. The quantitative estimate of drug-likeness (QED) is 0.863. The molecular formula is C13H18N4O. The Kier molecular flexibility index (Phi) is 3.13. The van der Waals surface area contributed by atoms with Crippen molar-refractivity contribution in [2.45, 2.75) is 31.7 Å². The SMILES string of the molecule is O=C(NC1CC1)[C@@H]1CCCN(c2ncccn2)C1. The van der Waals surface area contributed by atoms with Crippen molar-refractivity contribution in [3.05, 3.63) is 18.5 Å². The molecule has 3 rings (SSSR count). The summed E-state index contributed by atoms with van der Waals surface area (Å²) in [6.07, 6.45) is 7.78. The first-order valence-corrected chi connectivity index (χ1v) is 6.65. The van der Waals surface area contributed by atoms with E-state index in [1.54, 1.807) is 12.4 Å². The maximum atomic E-state index is 12.0. The minimum Gasteiger partial charge on any atom is -0.353 e. The summed E-state index contributed by atoms with van der Waals surface area (Å²) >= 11 is 0. The Labute approximate surface area is 107 Å². The highest BCUT2D eigenvalue weighted by molar-refractivity contribution is 5.80. The number of piperidine rings is 1. The summed E-state index contributed by atoms with van der Waals surface area (Å²) in [4.78, 5) is 22.7. The molecule has 2 aliphatic rings. The van der Waals surface area contributed by atoms with Crippen molar-refractivity contribution in [3.8, 4) is 0 Å². The molecule has 0 bridgehead atoms. The van der Waals surface area contributed by atoms with Gasteiger partial charge in [0.25, 0.3) is 0 Å². The molecule has 1 aromatic rings. The van der Waals surface area contributed by atoms with Crippen LogP contribution in [0.15, 0.2) is 18.5 Å². The highest BCUT2D eigenvalue weighted by Gasteiger charge is 2.30. The van der Waals surface area contributed by atoms with Gasteiger partial charge in [-0.2, -0.15) is 0 Å². The van der Waals surface area contributed by atoms with E-state index in [2.05, 4.69) is 20.2 Å². The normalized spacial score (nSPS) is 23.8. The molecule has 0 unspecified atom stereocenters. The van der Waals surface area contributed by atoms with Gasteiger partial charge in [-0.3, -0.25) is 4.79 Å². The second-order valence-corrected chi connectivity index (χ2v) is 5.12. The molecule has 1 aromatic heterocycles. The fourth-order valence-corrected chi connectivity index (χ4v) is 2.37. The van der Waals surface area contributed by atoms with Crippen LogP contribution in [-0.4, -0.2) is 35.0 Å². The van der Waals surface area contributed by atoms with E-state index >= 15 is 0 Å². The standard InChI is InChI=1S/C13H18N4O/c18-12(16-11-4-5-11)10-3-1-8-17(9-10)13-14-6-2-7-15-13/h2,6-7,10-11H,1,3-5,8-9H2,(H,16,18)/t10-/m1/s1. The van der Waals surface area contributed by atoms with E-state index in [-0.39, 0.29) is 11.8 Å². The van der Waals surface area contributed by atoms with Crippen molar-refractivity contribution in [1.82, 2.24) is 15.3 Å². The van der Waals surface area contributed by atoms with E-state index < -0.39 is 0 Å². The second-order valence-electron chi connectivity index (χ2n) is 5.12. The Morgan fingerprint density at radius 2 is 2.06 bits per heavy atom. The Morgan fingerprint density at radius 1 is 1.28 bits per heavy atom. The predicted molar refractivity (Wildman–Crippen MR) is 68.1 cm³/mol. The van der Waals surface area contributed by atoms with Crippen LogP contribution >= 0.6 is 0 Å². The number of nitrogens with zero attached hydrogens (tertiary/aromatic N) is 3. The van der Waals surface area contributed by atoms with E-state index in [4.69, 9.17) is 0 Å². The highest BCUT2D eigenvalue weighted by Crippen LogP contribution is 2.23. The summed E-state index contributed by atoms with van der Waals surface area (Å²) in [5.41, 5.74) is 0. The van der Waals surface area contributed by atoms with Gasteiger partial charge in [0.2, 0.25) is 11.9 Å². The lowest BCUT2D eigenvalue weighted by atomic mass is 9.97. The zero-order chi connectivity index (χ0) is 12.4. The molecule has 18 heavy (non-hydrogen) atoms. The minimum atomic E-state index is 0.0863. The third-order valence-electron chi connectivity index (χ3n) is 3.55. The molecule has 1 atom stereocenters. The van der Waals surface area contributed by atoms with E-state index in [1.807, 2.05) is 6.07 Å². The van der Waals surface area contributed by atoms with E-state index in [9.17, 15) is 4.79 Å². The molecule has 5 heteroatoms. The number of rotatable bonds is 3. The molecule has 5 nitrogen and oxygen atoms in total. The first-order valence-electron chi connectivity index (χ1n) is 6.65. The van der Waals surface area contributed by atoms with Crippen molar-refractivity contribution >= 4 is 11.9 Å². The highest BCUT2D eigenvalue weighted by atomic mass is 16.2. The van der Waals surface area contributed by atoms with Gasteiger partial charge in [-0.05, 0) is 31.7 Å². The van der Waals surface area contributed by atoms with Gasteiger partial charge in [0, 0.05) is 31.5 Å². The Morgan fingerprint density at radius 3 is 2.78 bits per heavy atom. The van der Waals surface area contributed by atoms with Crippen LogP contribution in [-0.2, 0) is 4.79 Å². The Bertz CT molecular complexity index is 418. The zero-order valence-electron chi connectivity index (χ0n) is 10.4. The number of amides is 1. The number of nitrogens with one attached hydrogen (secondary N) is 1. The molecule has 2 heterocycles. The Balaban J connectivity index is 1.62. The molecule has 1 saturated carbocycles. The van der Waals surface area contributed by atoms with Gasteiger partial charge in [0.05, 0.1) is 5.92 Å². The largest absolute Gasteiger partial charge is 0.353 e. The molecule has 1 aliphatic carbocycles. The zero-order valence-corrected chi connectivity index (χ0v) is 10.4. The summed E-state index contributed by atoms with van der Waals surface area (Å²) < 4.78 is 0. The fraction of sp³-hybridized carbons (Fsp3) is 0.615. The average Bonchev–Trinajstić information content (AvgIpc) is 3.24. The van der Waals surface area contributed by atoms with E-state index in [1.165, 1.54) is 0 Å². The fourth-order valence-electron chi connectivity index (χ4n) is 2.37. The van der Waals surface area contributed by atoms with Crippen LogP contribution in [0.1, 0.15) is 25.7 Å². The van der Waals surface area contributed by atoms with Crippen LogP contribution in [0, 0.1) is 5.92 Å². The van der Waals surface area contributed by atoms with Crippen molar-refractivity contribution in [3.63, 3.8) is 0 Å². The number of anilines is 1. The number of hydrogen-bond acceptors (Lipinski definition) is 4. The molecule has 0 spiro atoms. The third-order valence-corrected chi connectivity index (χ3v) is 3.55. The van der Waals surface area contributed by atoms with Gasteiger partial charge < -0.3 is 10.2 Å². The molecule has 96 valence electrons. The molecule has 1 aliphatic heterocycles. The topological polar surface area (TPSA) is 58.1 Å². The summed E-state index contributed by atoms with van der Waals surface area (Å²) in [5, 5.41) is 3.09. The van der Waals surface area contributed by atoms with Crippen LogP contribution < -0.4 is 10.2 Å². The monoisotopic (exact) mass is 246 g/mol. The maximum absolute atomic E-state index is 12.0. The lowest BCUT2D eigenvalue weighted by molar-refractivity contribution is -0.125. The van der Waals surface area contributed by atoms with Crippen LogP contribution in [0.2, 0.25) is 0 Å². The molecule has 2 fully saturated rings. The van der Waals surface area contributed by atoms with Gasteiger partial charge in [0.1, 0.15) is 0 Å². The van der Waals surface area contributed by atoms with Gasteiger partial charge in [-0.25, -0.2) is 9.97 Å². The molecule has 0 radical (unpaired) electrons. The Hall–Kier alpha value is -1.65. The van der Waals surface area contributed by atoms with E-state index in [0.29, 0.717) is 6.04 Å². The summed E-state index contributed by atoms with van der Waals surface area (Å²) in [6.45, 7) is 1.68. The minimum absolute atomic E-state index is 0.0863. The first kappa shape index (κ1) is 11.4.